The van der Waals surface area contributed by atoms with Crippen molar-refractivity contribution in [2.45, 2.75) is 20.8 Å². The van der Waals surface area contributed by atoms with E-state index >= 15 is 0 Å². The number of rotatable bonds is 2. The SMILES string of the molecule is C=c1/c(=C(/C)N=C(C)C)ncn1-c1ccncc1. The van der Waals surface area contributed by atoms with Crippen LogP contribution in [0.1, 0.15) is 20.8 Å². The number of hydrogen-bond donors (Lipinski definition) is 0. The van der Waals surface area contributed by atoms with Crippen LogP contribution in [0.4, 0.5) is 0 Å². The summed E-state index contributed by atoms with van der Waals surface area (Å²) in [4.78, 5) is 12.8. The minimum absolute atomic E-state index is 0.827. The van der Waals surface area contributed by atoms with Crippen LogP contribution in [0.25, 0.3) is 18.0 Å². The first kappa shape index (κ1) is 12.2. The van der Waals surface area contributed by atoms with Gasteiger partial charge in [-0.1, -0.05) is 6.58 Å². The van der Waals surface area contributed by atoms with Crippen molar-refractivity contribution in [3.8, 4) is 5.69 Å². The summed E-state index contributed by atoms with van der Waals surface area (Å²) in [5.41, 5.74) is 2.89. The van der Waals surface area contributed by atoms with E-state index in [1.807, 2.05) is 37.5 Å². The zero-order chi connectivity index (χ0) is 13.1. The first-order valence-corrected chi connectivity index (χ1v) is 5.75. The molecular formula is C14H16N4. The molecule has 0 unspecified atom stereocenters. The Hall–Kier alpha value is -2.23. The smallest absolute Gasteiger partial charge is 0.109 e. The summed E-state index contributed by atoms with van der Waals surface area (Å²) in [6.07, 6.45) is 5.26. The van der Waals surface area contributed by atoms with Crippen molar-refractivity contribution in [2.24, 2.45) is 4.99 Å². The number of aliphatic imine (C=N–C) groups is 1. The number of aromatic nitrogens is 3. The predicted octanol–water partition coefficient (Wildman–Crippen LogP) is 1.29. The number of imidazole rings is 1. The fourth-order valence-corrected chi connectivity index (χ4v) is 1.79. The third-order valence-electron chi connectivity index (χ3n) is 2.54. The molecule has 0 aliphatic heterocycles. The zero-order valence-electron chi connectivity index (χ0n) is 10.9. The molecule has 0 amide bonds. The standard InChI is InChI=1S/C14H16N4/c1-10(2)17-11(3)14-12(4)18(9-16-14)13-5-7-15-8-6-13/h5-9H,4H2,1-3H3/b14-11+. The summed E-state index contributed by atoms with van der Waals surface area (Å²) in [6, 6.07) is 3.84. The van der Waals surface area contributed by atoms with Crippen LogP contribution in [0.5, 0.6) is 0 Å². The van der Waals surface area contributed by atoms with Crippen molar-refractivity contribution in [3.63, 3.8) is 0 Å². The minimum Gasteiger partial charge on any atom is -0.299 e. The van der Waals surface area contributed by atoms with Gasteiger partial charge in [-0.05, 0) is 32.9 Å². The van der Waals surface area contributed by atoms with Gasteiger partial charge in [0.15, 0.2) is 0 Å². The Bertz CT molecular complexity index is 676. The predicted molar refractivity (Wildman–Crippen MR) is 74.0 cm³/mol. The van der Waals surface area contributed by atoms with Gasteiger partial charge in [0.05, 0.1) is 16.7 Å². The molecule has 92 valence electrons. The first-order valence-electron chi connectivity index (χ1n) is 5.75. The second-order valence-corrected chi connectivity index (χ2v) is 4.26. The van der Waals surface area contributed by atoms with Gasteiger partial charge in [-0.15, -0.1) is 0 Å². The molecule has 0 spiro atoms. The molecule has 2 aromatic rings. The van der Waals surface area contributed by atoms with Gasteiger partial charge < -0.3 is 0 Å². The molecule has 2 heterocycles. The van der Waals surface area contributed by atoms with E-state index in [-0.39, 0.29) is 0 Å². The average Bonchev–Trinajstić information content (AvgIpc) is 2.71. The maximum absolute atomic E-state index is 4.42. The second-order valence-electron chi connectivity index (χ2n) is 4.26. The Morgan fingerprint density at radius 1 is 1.22 bits per heavy atom. The van der Waals surface area contributed by atoms with Crippen LogP contribution < -0.4 is 10.7 Å². The van der Waals surface area contributed by atoms with Crippen molar-refractivity contribution >= 4 is 18.0 Å². The molecule has 0 aliphatic rings. The molecule has 0 saturated carbocycles. The van der Waals surface area contributed by atoms with Crippen molar-refractivity contribution in [2.75, 3.05) is 0 Å². The Balaban J connectivity index is 2.62. The van der Waals surface area contributed by atoms with Crippen LogP contribution in [-0.2, 0) is 0 Å². The van der Waals surface area contributed by atoms with Crippen molar-refractivity contribution in [1.29, 1.82) is 0 Å². The van der Waals surface area contributed by atoms with Crippen LogP contribution in [0.3, 0.4) is 0 Å². The average molecular weight is 240 g/mol. The quantitative estimate of drug-likeness (QED) is 0.742. The van der Waals surface area contributed by atoms with Crippen LogP contribution in [0.15, 0.2) is 35.8 Å². The summed E-state index contributed by atoms with van der Waals surface area (Å²) in [6.45, 7) is 9.95. The lowest BCUT2D eigenvalue weighted by molar-refractivity contribution is 1.01. The highest BCUT2D eigenvalue weighted by Crippen LogP contribution is 2.00. The highest BCUT2D eigenvalue weighted by Gasteiger charge is 2.00. The van der Waals surface area contributed by atoms with Gasteiger partial charge in [-0.25, -0.2) is 4.98 Å². The van der Waals surface area contributed by atoms with Gasteiger partial charge in [0.1, 0.15) is 11.7 Å². The molecule has 0 saturated heterocycles. The lowest BCUT2D eigenvalue weighted by Gasteiger charge is -2.00. The van der Waals surface area contributed by atoms with E-state index in [0.29, 0.717) is 0 Å². The van der Waals surface area contributed by atoms with E-state index < -0.39 is 0 Å². The molecule has 0 radical (unpaired) electrons. The molecule has 0 fully saturated rings. The van der Waals surface area contributed by atoms with Gasteiger partial charge in [0.2, 0.25) is 0 Å². The molecular weight excluding hydrogens is 224 g/mol. The summed E-state index contributed by atoms with van der Waals surface area (Å²) in [5, 5.41) is 1.66. The largest absolute Gasteiger partial charge is 0.299 e. The summed E-state index contributed by atoms with van der Waals surface area (Å²) in [7, 11) is 0. The molecule has 0 aromatic carbocycles. The van der Waals surface area contributed by atoms with Crippen molar-refractivity contribution in [1.82, 2.24) is 14.5 Å². The number of nitrogens with zero attached hydrogens (tertiary/aromatic N) is 4. The normalized spacial score (nSPS) is 12.2. The molecule has 2 aromatic heterocycles. The maximum atomic E-state index is 4.42. The van der Waals surface area contributed by atoms with Crippen molar-refractivity contribution in [3.05, 3.63) is 41.6 Å². The molecule has 18 heavy (non-hydrogen) atoms. The fourth-order valence-electron chi connectivity index (χ4n) is 1.79. The maximum Gasteiger partial charge on any atom is 0.109 e. The molecule has 0 atom stereocenters. The number of hydrogen-bond acceptors (Lipinski definition) is 3. The Labute approximate surface area is 106 Å². The molecule has 0 aliphatic carbocycles. The third kappa shape index (κ3) is 2.37. The highest BCUT2D eigenvalue weighted by molar-refractivity contribution is 5.82. The molecule has 0 bridgehead atoms. The second kappa shape index (κ2) is 4.96. The molecule has 2 rings (SSSR count). The van der Waals surface area contributed by atoms with E-state index in [9.17, 15) is 0 Å². The van der Waals surface area contributed by atoms with Crippen LogP contribution in [0.2, 0.25) is 0 Å². The van der Waals surface area contributed by atoms with Gasteiger partial charge >= 0.3 is 0 Å². The lowest BCUT2D eigenvalue weighted by atomic mass is 10.4. The summed E-state index contributed by atoms with van der Waals surface area (Å²) in [5.74, 6) is 0. The van der Waals surface area contributed by atoms with Crippen LogP contribution in [0, 0.1) is 0 Å². The van der Waals surface area contributed by atoms with Crippen LogP contribution >= 0.6 is 0 Å². The Kier molecular flexibility index (Phi) is 3.37. The van der Waals surface area contributed by atoms with Gasteiger partial charge in [-0.2, -0.15) is 0 Å². The molecule has 4 nitrogen and oxygen atoms in total. The molecule has 0 N–H and O–H groups in total. The Morgan fingerprint density at radius 2 is 1.89 bits per heavy atom. The van der Waals surface area contributed by atoms with Gasteiger partial charge in [0, 0.05) is 18.1 Å². The minimum atomic E-state index is 0.827. The first-order chi connectivity index (χ1) is 8.59. The van der Waals surface area contributed by atoms with Crippen LogP contribution in [-0.4, -0.2) is 20.2 Å². The van der Waals surface area contributed by atoms with E-state index in [1.54, 1.807) is 18.7 Å². The van der Waals surface area contributed by atoms with Gasteiger partial charge in [-0.3, -0.25) is 14.5 Å². The summed E-state index contributed by atoms with van der Waals surface area (Å²) < 4.78 is 1.93. The Morgan fingerprint density at radius 3 is 2.50 bits per heavy atom. The van der Waals surface area contributed by atoms with Crippen molar-refractivity contribution < 1.29 is 0 Å². The zero-order valence-corrected chi connectivity index (χ0v) is 10.9. The third-order valence-corrected chi connectivity index (χ3v) is 2.54. The highest BCUT2D eigenvalue weighted by atomic mass is 15.0. The fraction of sp³-hybridized carbons (Fsp3) is 0.214. The monoisotopic (exact) mass is 240 g/mol. The van der Waals surface area contributed by atoms with E-state index in [4.69, 9.17) is 0 Å². The van der Waals surface area contributed by atoms with Gasteiger partial charge in [0.25, 0.3) is 0 Å². The molecule has 4 heteroatoms. The summed E-state index contributed by atoms with van der Waals surface area (Å²) >= 11 is 0. The lowest BCUT2D eigenvalue weighted by Crippen LogP contribution is -2.29. The van der Waals surface area contributed by atoms with E-state index in [2.05, 4.69) is 21.5 Å². The number of pyridine rings is 1. The van der Waals surface area contributed by atoms with E-state index in [1.165, 1.54) is 0 Å². The topological polar surface area (TPSA) is 43.1 Å². The van der Waals surface area contributed by atoms with E-state index in [0.717, 1.165) is 27.8 Å².